The number of hydrogen-bond acceptors (Lipinski definition) is 3. The van der Waals surface area contributed by atoms with Crippen LogP contribution in [-0.2, 0) is 9.84 Å². The normalized spacial score (nSPS) is 14.7. The van der Waals surface area contributed by atoms with E-state index in [1.54, 1.807) is 6.92 Å². The molecule has 1 unspecified atom stereocenters. The van der Waals surface area contributed by atoms with E-state index in [1.807, 2.05) is 0 Å². The molecular formula is C6H13NO2S. The van der Waals surface area contributed by atoms with E-state index in [0.717, 1.165) is 6.26 Å². The van der Waals surface area contributed by atoms with Gasteiger partial charge in [-0.05, 0) is 6.92 Å². The lowest BCUT2D eigenvalue weighted by molar-refractivity contribution is 0.597. The molecule has 0 saturated carbocycles. The number of nitrogens with two attached hydrogens (primary N) is 1. The highest BCUT2D eigenvalue weighted by Gasteiger charge is 2.10. The van der Waals surface area contributed by atoms with Gasteiger partial charge in [0.1, 0.15) is 9.84 Å². The SMILES string of the molecule is C=C(C)C(N)CS(C)(=O)=O. The van der Waals surface area contributed by atoms with Crippen molar-refractivity contribution in [2.24, 2.45) is 5.73 Å². The average Bonchev–Trinajstić information content (AvgIpc) is 1.60. The largest absolute Gasteiger partial charge is 0.323 e. The highest BCUT2D eigenvalue weighted by molar-refractivity contribution is 7.90. The van der Waals surface area contributed by atoms with E-state index in [4.69, 9.17) is 5.73 Å². The quantitative estimate of drug-likeness (QED) is 0.593. The number of hydrogen-bond donors (Lipinski definition) is 1. The van der Waals surface area contributed by atoms with Crippen LogP contribution in [0.4, 0.5) is 0 Å². The third-order valence-corrected chi connectivity index (χ3v) is 2.08. The van der Waals surface area contributed by atoms with Gasteiger partial charge < -0.3 is 5.73 Å². The molecule has 60 valence electrons. The van der Waals surface area contributed by atoms with Crippen molar-refractivity contribution in [1.82, 2.24) is 0 Å². The molecule has 0 saturated heterocycles. The maximum absolute atomic E-state index is 10.6. The van der Waals surface area contributed by atoms with Gasteiger partial charge in [0.25, 0.3) is 0 Å². The van der Waals surface area contributed by atoms with Crippen molar-refractivity contribution in [3.05, 3.63) is 12.2 Å². The fourth-order valence-electron chi connectivity index (χ4n) is 0.468. The fraction of sp³-hybridized carbons (Fsp3) is 0.667. The Morgan fingerprint density at radius 1 is 1.70 bits per heavy atom. The summed E-state index contributed by atoms with van der Waals surface area (Å²) in [6.45, 7) is 5.27. The lowest BCUT2D eigenvalue weighted by Gasteiger charge is -2.08. The minimum Gasteiger partial charge on any atom is -0.323 e. The Labute approximate surface area is 61.8 Å². The van der Waals surface area contributed by atoms with Gasteiger partial charge in [-0.3, -0.25) is 0 Å². The molecule has 0 aliphatic carbocycles. The molecule has 0 aromatic heterocycles. The first-order valence-corrected chi connectivity index (χ1v) is 4.97. The molecule has 3 nitrogen and oxygen atoms in total. The van der Waals surface area contributed by atoms with Gasteiger partial charge in [0.2, 0.25) is 0 Å². The molecule has 0 heterocycles. The topological polar surface area (TPSA) is 60.2 Å². The van der Waals surface area contributed by atoms with Crippen LogP contribution in [0, 0.1) is 0 Å². The van der Waals surface area contributed by atoms with Crippen LogP contribution in [0.5, 0.6) is 0 Å². The molecule has 0 aliphatic heterocycles. The van der Waals surface area contributed by atoms with Crippen molar-refractivity contribution in [3.8, 4) is 0 Å². The van der Waals surface area contributed by atoms with Crippen molar-refractivity contribution < 1.29 is 8.42 Å². The van der Waals surface area contributed by atoms with Crippen LogP contribution < -0.4 is 5.73 Å². The summed E-state index contributed by atoms with van der Waals surface area (Å²) in [6.07, 6.45) is 1.16. The second-order valence-corrected chi connectivity index (χ2v) is 4.73. The second kappa shape index (κ2) is 3.16. The smallest absolute Gasteiger partial charge is 0.149 e. The Morgan fingerprint density at radius 3 is 2.20 bits per heavy atom. The molecule has 0 rings (SSSR count). The Morgan fingerprint density at radius 2 is 2.10 bits per heavy atom. The van der Waals surface area contributed by atoms with E-state index in [0.29, 0.717) is 5.57 Å². The van der Waals surface area contributed by atoms with Crippen LogP contribution in [-0.4, -0.2) is 26.5 Å². The minimum absolute atomic E-state index is 0.0116. The van der Waals surface area contributed by atoms with E-state index >= 15 is 0 Å². The fourth-order valence-corrected chi connectivity index (χ4v) is 1.41. The van der Waals surface area contributed by atoms with Crippen molar-refractivity contribution in [2.45, 2.75) is 13.0 Å². The van der Waals surface area contributed by atoms with Gasteiger partial charge in [0.15, 0.2) is 0 Å². The molecule has 0 fully saturated rings. The van der Waals surface area contributed by atoms with Gasteiger partial charge in [0, 0.05) is 12.3 Å². The van der Waals surface area contributed by atoms with E-state index in [1.165, 1.54) is 0 Å². The van der Waals surface area contributed by atoms with Crippen LogP contribution in [0.1, 0.15) is 6.92 Å². The Bertz CT molecular complexity index is 218. The molecule has 0 aromatic rings. The molecule has 0 bridgehead atoms. The molecule has 2 N–H and O–H groups in total. The Kier molecular flexibility index (Phi) is 3.05. The molecule has 0 spiro atoms. The molecule has 1 atom stereocenters. The standard InChI is InChI=1S/C6H13NO2S/c1-5(2)6(7)4-10(3,8)9/h6H,1,4,7H2,2-3H3. The van der Waals surface area contributed by atoms with Gasteiger partial charge in [-0.15, -0.1) is 0 Å². The summed E-state index contributed by atoms with van der Waals surface area (Å²) in [7, 11) is -2.95. The summed E-state index contributed by atoms with van der Waals surface area (Å²) >= 11 is 0. The van der Waals surface area contributed by atoms with Crippen LogP contribution in [0.15, 0.2) is 12.2 Å². The summed E-state index contributed by atoms with van der Waals surface area (Å²) in [5.74, 6) is -0.0116. The maximum Gasteiger partial charge on any atom is 0.149 e. The molecule has 10 heavy (non-hydrogen) atoms. The predicted molar refractivity (Wildman–Crippen MR) is 42.5 cm³/mol. The lowest BCUT2D eigenvalue weighted by atomic mass is 10.2. The van der Waals surface area contributed by atoms with Crippen molar-refractivity contribution in [1.29, 1.82) is 0 Å². The Hall–Kier alpha value is -0.350. The summed E-state index contributed by atoms with van der Waals surface area (Å²) in [6, 6.07) is -0.421. The molecule has 0 aliphatic rings. The van der Waals surface area contributed by atoms with Crippen molar-refractivity contribution >= 4 is 9.84 Å². The zero-order valence-corrected chi connectivity index (χ0v) is 7.11. The van der Waals surface area contributed by atoms with Crippen LogP contribution in [0.2, 0.25) is 0 Å². The van der Waals surface area contributed by atoms with Gasteiger partial charge >= 0.3 is 0 Å². The molecule has 4 heteroatoms. The third-order valence-electron chi connectivity index (χ3n) is 1.12. The van der Waals surface area contributed by atoms with Crippen LogP contribution in [0.3, 0.4) is 0 Å². The van der Waals surface area contributed by atoms with Gasteiger partial charge in [-0.2, -0.15) is 0 Å². The highest BCUT2D eigenvalue weighted by Crippen LogP contribution is 1.97. The van der Waals surface area contributed by atoms with E-state index in [2.05, 4.69) is 6.58 Å². The molecular weight excluding hydrogens is 150 g/mol. The van der Waals surface area contributed by atoms with E-state index in [-0.39, 0.29) is 5.75 Å². The Balaban J connectivity index is 4.06. The third kappa shape index (κ3) is 4.52. The van der Waals surface area contributed by atoms with Gasteiger partial charge in [-0.25, -0.2) is 8.42 Å². The lowest BCUT2D eigenvalue weighted by Crippen LogP contribution is -2.29. The average molecular weight is 163 g/mol. The van der Waals surface area contributed by atoms with Crippen molar-refractivity contribution in [2.75, 3.05) is 12.0 Å². The van der Waals surface area contributed by atoms with Crippen LogP contribution >= 0.6 is 0 Å². The zero-order chi connectivity index (χ0) is 8.36. The van der Waals surface area contributed by atoms with E-state index in [9.17, 15) is 8.42 Å². The number of rotatable bonds is 3. The maximum atomic E-state index is 10.6. The first-order chi connectivity index (χ1) is 4.33. The first-order valence-electron chi connectivity index (χ1n) is 2.91. The first kappa shape index (κ1) is 9.65. The predicted octanol–water partition coefficient (Wildman–Crippen LogP) is -0.0656. The molecule has 0 radical (unpaired) electrons. The van der Waals surface area contributed by atoms with Gasteiger partial charge in [-0.1, -0.05) is 12.2 Å². The summed E-state index contributed by atoms with van der Waals surface area (Å²) < 4.78 is 21.2. The summed E-state index contributed by atoms with van der Waals surface area (Å²) in [5, 5.41) is 0. The minimum atomic E-state index is -2.95. The molecule has 0 aromatic carbocycles. The van der Waals surface area contributed by atoms with E-state index < -0.39 is 15.9 Å². The molecule has 0 amide bonds. The second-order valence-electron chi connectivity index (χ2n) is 2.55. The monoisotopic (exact) mass is 163 g/mol. The summed E-state index contributed by atoms with van der Waals surface area (Å²) in [4.78, 5) is 0. The highest BCUT2D eigenvalue weighted by atomic mass is 32.2. The van der Waals surface area contributed by atoms with Crippen LogP contribution in [0.25, 0.3) is 0 Å². The van der Waals surface area contributed by atoms with Crippen molar-refractivity contribution in [3.63, 3.8) is 0 Å². The number of sulfone groups is 1. The zero-order valence-electron chi connectivity index (χ0n) is 6.29. The summed E-state index contributed by atoms with van der Waals surface area (Å²) in [5.41, 5.74) is 6.12. The van der Waals surface area contributed by atoms with Gasteiger partial charge in [0.05, 0.1) is 5.75 Å².